The lowest BCUT2D eigenvalue weighted by molar-refractivity contribution is -0.117. The number of carbonyl (C=O) groups is 1. The first-order valence-electron chi connectivity index (χ1n) is 5.73. The number of aromatic nitrogens is 1. The largest absolute Gasteiger partial charge is 0.278 e. The van der Waals surface area contributed by atoms with E-state index in [0.29, 0.717) is 5.13 Å². The second-order valence-electron chi connectivity index (χ2n) is 4.16. The zero-order valence-electron chi connectivity index (χ0n) is 10.2. The third-order valence-corrected chi connectivity index (χ3v) is 4.84. The molecule has 2 heterocycles. The van der Waals surface area contributed by atoms with Crippen molar-refractivity contribution in [3.8, 4) is 0 Å². The molecule has 1 aromatic heterocycles. The second kappa shape index (κ2) is 4.79. The van der Waals surface area contributed by atoms with Gasteiger partial charge in [0, 0.05) is 5.38 Å². The third kappa shape index (κ3) is 2.17. The Labute approximate surface area is 119 Å². The number of amides is 1. The predicted octanol–water partition coefficient (Wildman–Crippen LogP) is 3.21. The average molecular weight is 289 g/mol. The van der Waals surface area contributed by atoms with Crippen molar-refractivity contribution < 1.29 is 4.79 Å². The topological polar surface area (TPSA) is 57.1 Å². The molecule has 1 amide bonds. The van der Waals surface area contributed by atoms with Crippen LogP contribution in [0, 0.1) is 12.3 Å². The van der Waals surface area contributed by atoms with Gasteiger partial charge in [0.15, 0.2) is 10.3 Å². The van der Waals surface area contributed by atoms with Crippen LogP contribution in [0.5, 0.6) is 0 Å². The van der Waals surface area contributed by atoms with Crippen molar-refractivity contribution in [3.05, 3.63) is 47.0 Å². The average Bonchev–Trinajstić information content (AvgIpc) is 2.95. The highest BCUT2D eigenvalue weighted by atomic mass is 32.2. The summed E-state index contributed by atoms with van der Waals surface area (Å²) in [5.74, 6) is -0.0875. The Kier molecular flexibility index (Phi) is 3.12. The Morgan fingerprint density at radius 1 is 1.32 bits per heavy atom. The van der Waals surface area contributed by atoms with Crippen molar-refractivity contribution in [3.63, 3.8) is 0 Å². The zero-order valence-corrected chi connectivity index (χ0v) is 11.8. The van der Waals surface area contributed by atoms with Crippen molar-refractivity contribution in [1.82, 2.24) is 4.98 Å². The van der Waals surface area contributed by atoms with Crippen LogP contribution in [0.4, 0.5) is 5.13 Å². The summed E-state index contributed by atoms with van der Waals surface area (Å²) in [6.45, 7) is 1.88. The molecule has 1 unspecified atom stereocenters. The second-order valence-corrected chi connectivity index (χ2v) is 6.09. The van der Waals surface area contributed by atoms with E-state index in [1.165, 1.54) is 28.0 Å². The zero-order chi connectivity index (χ0) is 13.4. The van der Waals surface area contributed by atoms with Crippen molar-refractivity contribution in [1.29, 1.82) is 5.41 Å². The van der Waals surface area contributed by atoms with Gasteiger partial charge >= 0.3 is 0 Å². The Morgan fingerprint density at radius 2 is 2.05 bits per heavy atom. The van der Waals surface area contributed by atoms with E-state index in [4.69, 9.17) is 5.41 Å². The molecule has 0 spiro atoms. The molecule has 0 saturated carbocycles. The highest BCUT2D eigenvalue weighted by Crippen LogP contribution is 2.41. The minimum atomic E-state index is -0.335. The molecule has 4 nitrogen and oxygen atoms in total. The molecule has 1 aliphatic rings. The quantitative estimate of drug-likeness (QED) is 0.923. The maximum Gasteiger partial charge on any atom is 0.253 e. The van der Waals surface area contributed by atoms with E-state index in [1.807, 2.05) is 42.6 Å². The SMILES string of the molecule is Cc1csc(N2C(=N)SC(c3ccccc3)C2=O)n1. The first kappa shape index (κ1) is 12.4. The lowest BCUT2D eigenvalue weighted by atomic mass is 10.1. The number of anilines is 1. The number of amidine groups is 1. The Hall–Kier alpha value is -1.66. The molecule has 1 saturated heterocycles. The molecule has 2 aromatic rings. The fourth-order valence-electron chi connectivity index (χ4n) is 1.90. The van der Waals surface area contributed by atoms with Gasteiger partial charge in [-0.3, -0.25) is 10.2 Å². The molecule has 1 N–H and O–H groups in total. The number of nitrogens with one attached hydrogen (secondary N) is 1. The van der Waals surface area contributed by atoms with Crippen LogP contribution >= 0.6 is 23.1 Å². The van der Waals surface area contributed by atoms with E-state index in [2.05, 4.69) is 4.98 Å². The fraction of sp³-hybridized carbons (Fsp3) is 0.154. The maximum absolute atomic E-state index is 12.5. The fourth-order valence-corrected chi connectivity index (χ4v) is 3.77. The normalized spacial score (nSPS) is 19.2. The summed E-state index contributed by atoms with van der Waals surface area (Å²) in [6, 6.07) is 9.56. The molecule has 6 heteroatoms. The summed E-state index contributed by atoms with van der Waals surface area (Å²) in [5.41, 5.74) is 1.80. The van der Waals surface area contributed by atoms with Gasteiger partial charge in [-0.15, -0.1) is 11.3 Å². The third-order valence-electron chi connectivity index (χ3n) is 2.78. The summed E-state index contributed by atoms with van der Waals surface area (Å²) >= 11 is 2.66. The smallest absolute Gasteiger partial charge is 0.253 e. The molecule has 96 valence electrons. The van der Waals surface area contributed by atoms with Gasteiger partial charge in [-0.05, 0) is 12.5 Å². The Bertz CT molecular complexity index is 638. The molecule has 3 rings (SSSR count). The lowest BCUT2D eigenvalue weighted by Crippen LogP contribution is -2.29. The van der Waals surface area contributed by atoms with Gasteiger partial charge < -0.3 is 0 Å². The van der Waals surface area contributed by atoms with E-state index < -0.39 is 0 Å². The Morgan fingerprint density at radius 3 is 2.68 bits per heavy atom. The molecular weight excluding hydrogens is 278 g/mol. The van der Waals surface area contributed by atoms with Crippen LogP contribution in [-0.4, -0.2) is 16.1 Å². The van der Waals surface area contributed by atoms with Gasteiger partial charge in [0.25, 0.3) is 5.91 Å². The van der Waals surface area contributed by atoms with E-state index in [0.717, 1.165) is 11.3 Å². The number of aryl methyl sites for hydroxylation is 1. The van der Waals surface area contributed by atoms with Crippen molar-refractivity contribution in [2.45, 2.75) is 12.2 Å². The van der Waals surface area contributed by atoms with Crippen LogP contribution < -0.4 is 4.90 Å². The van der Waals surface area contributed by atoms with Crippen LogP contribution in [0.3, 0.4) is 0 Å². The minimum Gasteiger partial charge on any atom is -0.278 e. The minimum absolute atomic E-state index is 0.0875. The van der Waals surface area contributed by atoms with Crippen molar-refractivity contribution in [2.75, 3.05) is 4.90 Å². The standard InChI is InChI=1S/C13H11N3OS2/c1-8-7-18-13(15-8)16-11(17)10(19-12(16)14)9-5-3-2-4-6-9/h2-7,10,14H,1H3. The van der Waals surface area contributed by atoms with Gasteiger partial charge in [-0.1, -0.05) is 42.1 Å². The van der Waals surface area contributed by atoms with E-state index in [9.17, 15) is 4.79 Å². The number of hydrogen-bond donors (Lipinski definition) is 1. The number of thiazole rings is 1. The van der Waals surface area contributed by atoms with Crippen LogP contribution in [0.15, 0.2) is 35.7 Å². The van der Waals surface area contributed by atoms with Gasteiger partial charge in [0.2, 0.25) is 0 Å². The molecule has 0 aliphatic carbocycles. The molecular formula is C13H11N3OS2. The summed E-state index contributed by atoms with van der Waals surface area (Å²) in [5, 5.41) is 10.4. The number of benzene rings is 1. The maximum atomic E-state index is 12.5. The number of carbonyl (C=O) groups excluding carboxylic acids is 1. The first-order valence-corrected chi connectivity index (χ1v) is 7.49. The first-order chi connectivity index (χ1) is 9.16. The molecule has 1 aliphatic heterocycles. The predicted molar refractivity (Wildman–Crippen MR) is 78.8 cm³/mol. The van der Waals surface area contributed by atoms with Crippen LogP contribution in [0.25, 0.3) is 0 Å². The van der Waals surface area contributed by atoms with Crippen LogP contribution in [0.1, 0.15) is 16.5 Å². The van der Waals surface area contributed by atoms with Crippen molar-refractivity contribution >= 4 is 39.3 Å². The van der Waals surface area contributed by atoms with Gasteiger partial charge in [0.05, 0.1) is 5.69 Å². The molecule has 0 radical (unpaired) electrons. The van der Waals surface area contributed by atoms with Gasteiger partial charge in [-0.2, -0.15) is 0 Å². The highest BCUT2D eigenvalue weighted by molar-refractivity contribution is 8.15. The number of thioether (sulfide) groups is 1. The van der Waals surface area contributed by atoms with Crippen molar-refractivity contribution in [2.24, 2.45) is 0 Å². The van der Waals surface area contributed by atoms with Gasteiger partial charge in [0.1, 0.15) is 5.25 Å². The monoisotopic (exact) mass is 289 g/mol. The Balaban J connectivity index is 1.94. The van der Waals surface area contributed by atoms with E-state index in [-0.39, 0.29) is 16.3 Å². The number of nitrogens with zero attached hydrogens (tertiary/aromatic N) is 2. The summed E-state index contributed by atoms with van der Waals surface area (Å²) in [6.07, 6.45) is 0. The highest BCUT2D eigenvalue weighted by Gasteiger charge is 2.40. The molecule has 0 bridgehead atoms. The molecule has 1 aromatic carbocycles. The van der Waals surface area contributed by atoms with E-state index in [1.54, 1.807) is 0 Å². The van der Waals surface area contributed by atoms with Crippen LogP contribution in [0.2, 0.25) is 0 Å². The summed E-state index contributed by atoms with van der Waals surface area (Å²) in [4.78, 5) is 18.2. The summed E-state index contributed by atoms with van der Waals surface area (Å²) < 4.78 is 0. The van der Waals surface area contributed by atoms with Gasteiger partial charge in [-0.25, -0.2) is 9.88 Å². The lowest BCUT2D eigenvalue weighted by Gasteiger charge is -2.11. The number of hydrogen-bond acceptors (Lipinski definition) is 5. The molecule has 1 fully saturated rings. The van der Waals surface area contributed by atoms with E-state index >= 15 is 0 Å². The molecule has 19 heavy (non-hydrogen) atoms. The summed E-state index contributed by atoms with van der Waals surface area (Å²) in [7, 11) is 0. The number of rotatable bonds is 2. The molecule has 1 atom stereocenters. The van der Waals surface area contributed by atoms with Crippen LogP contribution in [-0.2, 0) is 4.79 Å².